The molecule has 21 heavy (non-hydrogen) atoms. The van der Waals surface area contributed by atoms with Gasteiger partial charge in [-0.2, -0.15) is 0 Å². The van der Waals surface area contributed by atoms with E-state index in [-0.39, 0.29) is 0 Å². The number of pyridine rings is 1. The lowest BCUT2D eigenvalue weighted by Crippen LogP contribution is -2.16. The Kier molecular flexibility index (Phi) is 3.23. The van der Waals surface area contributed by atoms with E-state index >= 15 is 0 Å². The van der Waals surface area contributed by atoms with Crippen molar-refractivity contribution in [2.45, 2.75) is 6.92 Å². The SMILES string of the molecule is Cc1cc(-c2ccccc2)nc2sc(OC(N)=O)c(N)c12. The molecule has 0 saturated carbocycles. The first kappa shape index (κ1) is 13.4. The molecule has 6 heteroatoms. The zero-order valence-corrected chi connectivity index (χ0v) is 12.1. The van der Waals surface area contributed by atoms with Crippen LogP contribution < -0.4 is 16.2 Å². The van der Waals surface area contributed by atoms with Crippen molar-refractivity contribution < 1.29 is 9.53 Å². The van der Waals surface area contributed by atoms with E-state index in [0.717, 1.165) is 27.0 Å². The molecule has 3 rings (SSSR count). The largest absolute Gasteiger partial charge is 0.410 e. The van der Waals surface area contributed by atoms with Gasteiger partial charge in [0.25, 0.3) is 0 Å². The van der Waals surface area contributed by atoms with Crippen LogP contribution in [0.4, 0.5) is 10.5 Å². The molecule has 0 aliphatic heterocycles. The van der Waals surface area contributed by atoms with Gasteiger partial charge in [0.05, 0.1) is 11.4 Å². The molecule has 0 fully saturated rings. The summed E-state index contributed by atoms with van der Waals surface area (Å²) in [5.74, 6) is 0. The highest BCUT2D eigenvalue weighted by atomic mass is 32.1. The van der Waals surface area contributed by atoms with Gasteiger partial charge in [0, 0.05) is 10.9 Å². The van der Waals surface area contributed by atoms with Gasteiger partial charge in [0.2, 0.25) is 5.06 Å². The lowest BCUT2D eigenvalue weighted by atomic mass is 10.1. The molecule has 5 nitrogen and oxygen atoms in total. The number of thiophene rings is 1. The van der Waals surface area contributed by atoms with Crippen LogP contribution in [0.15, 0.2) is 36.4 Å². The number of carbonyl (C=O) groups is 1. The van der Waals surface area contributed by atoms with Crippen LogP contribution >= 0.6 is 11.3 Å². The van der Waals surface area contributed by atoms with Crippen molar-refractivity contribution in [3.05, 3.63) is 42.0 Å². The molecule has 3 aromatic rings. The Morgan fingerprint density at radius 2 is 2.00 bits per heavy atom. The molecule has 0 radical (unpaired) electrons. The first-order valence-corrected chi connectivity index (χ1v) is 7.10. The number of rotatable bonds is 2. The van der Waals surface area contributed by atoms with Crippen molar-refractivity contribution in [1.29, 1.82) is 0 Å². The van der Waals surface area contributed by atoms with Crippen molar-refractivity contribution in [3.63, 3.8) is 0 Å². The van der Waals surface area contributed by atoms with Gasteiger partial charge in [0.1, 0.15) is 4.83 Å². The highest BCUT2D eigenvalue weighted by molar-refractivity contribution is 7.21. The number of hydrogen-bond donors (Lipinski definition) is 2. The molecule has 0 unspecified atom stereocenters. The summed E-state index contributed by atoms with van der Waals surface area (Å²) < 4.78 is 4.92. The van der Waals surface area contributed by atoms with E-state index in [9.17, 15) is 4.79 Å². The van der Waals surface area contributed by atoms with Gasteiger partial charge < -0.3 is 16.2 Å². The minimum atomic E-state index is -0.880. The van der Waals surface area contributed by atoms with Crippen LogP contribution in [0, 0.1) is 6.92 Å². The summed E-state index contributed by atoms with van der Waals surface area (Å²) in [5, 5.41) is 1.09. The first-order chi connectivity index (χ1) is 10.1. The Labute approximate surface area is 125 Å². The van der Waals surface area contributed by atoms with Crippen LogP contribution in [0.2, 0.25) is 0 Å². The third-order valence-electron chi connectivity index (χ3n) is 3.12. The quantitative estimate of drug-likeness (QED) is 0.759. The van der Waals surface area contributed by atoms with Crippen LogP contribution in [0.5, 0.6) is 5.06 Å². The second-order valence-electron chi connectivity index (χ2n) is 4.59. The molecule has 106 valence electrons. The number of carbonyl (C=O) groups excluding carboxylic acids is 1. The van der Waals surface area contributed by atoms with Crippen molar-refractivity contribution in [2.75, 3.05) is 5.73 Å². The Morgan fingerprint density at radius 1 is 1.29 bits per heavy atom. The topological polar surface area (TPSA) is 91.2 Å². The van der Waals surface area contributed by atoms with E-state index in [1.54, 1.807) is 0 Å². The fraction of sp³-hybridized carbons (Fsp3) is 0.0667. The van der Waals surface area contributed by atoms with Gasteiger partial charge in [-0.1, -0.05) is 41.7 Å². The number of ether oxygens (including phenoxy) is 1. The number of primary amides is 1. The molecule has 0 bridgehead atoms. The van der Waals surface area contributed by atoms with Crippen LogP contribution in [0.3, 0.4) is 0 Å². The second kappa shape index (κ2) is 5.06. The average molecular weight is 299 g/mol. The number of benzene rings is 1. The Balaban J connectivity index is 2.18. The molecular formula is C15H13N3O2S. The number of aromatic nitrogens is 1. The molecule has 0 atom stereocenters. The van der Waals surface area contributed by atoms with Gasteiger partial charge in [-0.05, 0) is 18.6 Å². The summed E-state index contributed by atoms with van der Waals surface area (Å²) in [6, 6.07) is 11.8. The Hall–Kier alpha value is -2.60. The highest BCUT2D eigenvalue weighted by Crippen LogP contribution is 2.41. The minimum Gasteiger partial charge on any atom is -0.397 e. The summed E-state index contributed by atoms with van der Waals surface area (Å²) in [5.41, 5.74) is 14.3. The molecule has 1 aromatic carbocycles. The van der Waals surface area contributed by atoms with E-state index in [1.165, 1.54) is 11.3 Å². The zero-order chi connectivity index (χ0) is 15.0. The maximum Gasteiger partial charge on any atom is 0.410 e. The standard InChI is InChI=1S/C15H13N3O2S/c1-8-7-10(9-5-3-2-4-6-9)18-13-11(8)12(16)14(21-13)20-15(17)19/h2-7H,16H2,1H3,(H2,17,19). The summed E-state index contributed by atoms with van der Waals surface area (Å²) in [4.78, 5) is 16.2. The van der Waals surface area contributed by atoms with Gasteiger partial charge in [0.15, 0.2) is 0 Å². The predicted molar refractivity (Wildman–Crippen MR) is 84.4 cm³/mol. The summed E-state index contributed by atoms with van der Waals surface area (Å²) in [6.45, 7) is 1.95. The molecule has 2 aromatic heterocycles. The van der Waals surface area contributed by atoms with Crippen molar-refractivity contribution in [2.24, 2.45) is 5.73 Å². The van der Waals surface area contributed by atoms with Crippen molar-refractivity contribution in [3.8, 4) is 16.3 Å². The van der Waals surface area contributed by atoms with E-state index in [0.29, 0.717) is 10.8 Å². The molecule has 1 amide bonds. The maximum absolute atomic E-state index is 10.9. The number of amides is 1. The molecule has 0 saturated heterocycles. The fourth-order valence-corrected chi connectivity index (χ4v) is 3.24. The molecule has 0 aliphatic carbocycles. The van der Waals surface area contributed by atoms with Gasteiger partial charge in [-0.15, -0.1) is 0 Å². The fourth-order valence-electron chi connectivity index (χ4n) is 2.21. The summed E-state index contributed by atoms with van der Waals surface area (Å²) in [6.07, 6.45) is -0.880. The van der Waals surface area contributed by atoms with Crippen LogP contribution in [0.1, 0.15) is 5.56 Å². The number of anilines is 1. The molecular weight excluding hydrogens is 286 g/mol. The highest BCUT2D eigenvalue weighted by Gasteiger charge is 2.17. The number of hydrogen-bond acceptors (Lipinski definition) is 5. The number of nitrogen functional groups attached to an aromatic ring is 1. The Bertz CT molecular complexity index is 828. The zero-order valence-electron chi connectivity index (χ0n) is 11.3. The van der Waals surface area contributed by atoms with Gasteiger partial charge in [-0.3, -0.25) is 0 Å². The summed E-state index contributed by atoms with van der Waals surface area (Å²) >= 11 is 1.22. The lowest BCUT2D eigenvalue weighted by Gasteiger charge is -2.04. The van der Waals surface area contributed by atoms with E-state index < -0.39 is 6.09 Å². The Morgan fingerprint density at radius 3 is 2.67 bits per heavy atom. The van der Waals surface area contributed by atoms with E-state index in [1.807, 2.05) is 43.3 Å². The number of fused-ring (bicyclic) bond motifs is 1. The molecule has 4 N–H and O–H groups in total. The van der Waals surface area contributed by atoms with Gasteiger partial charge >= 0.3 is 6.09 Å². The summed E-state index contributed by atoms with van der Waals surface area (Å²) in [7, 11) is 0. The average Bonchev–Trinajstić information content (AvgIpc) is 2.76. The van der Waals surface area contributed by atoms with E-state index in [2.05, 4.69) is 4.98 Å². The third-order valence-corrected chi connectivity index (χ3v) is 4.10. The van der Waals surface area contributed by atoms with Crippen LogP contribution in [-0.2, 0) is 0 Å². The molecule has 0 aliphatic rings. The number of nitrogens with two attached hydrogens (primary N) is 2. The minimum absolute atomic E-state index is 0.290. The van der Waals surface area contributed by atoms with Gasteiger partial charge in [-0.25, -0.2) is 9.78 Å². The first-order valence-electron chi connectivity index (χ1n) is 6.28. The van der Waals surface area contributed by atoms with Crippen molar-refractivity contribution >= 4 is 33.3 Å². The lowest BCUT2D eigenvalue weighted by molar-refractivity contribution is 0.212. The second-order valence-corrected chi connectivity index (χ2v) is 5.56. The van der Waals surface area contributed by atoms with Crippen LogP contribution in [0.25, 0.3) is 21.5 Å². The third kappa shape index (κ3) is 2.41. The maximum atomic E-state index is 10.9. The van der Waals surface area contributed by atoms with Crippen LogP contribution in [-0.4, -0.2) is 11.1 Å². The van der Waals surface area contributed by atoms with Crippen molar-refractivity contribution in [1.82, 2.24) is 4.98 Å². The monoisotopic (exact) mass is 299 g/mol. The molecule has 0 spiro atoms. The van der Waals surface area contributed by atoms with E-state index in [4.69, 9.17) is 16.2 Å². The number of aryl methyl sites for hydroxylation is 1. The molecule has 2 heterocycles. The smallest absolute Gasteiger partial charge is 0.397 e. The predicted octanol–water partition coefficient (Wildman–Crippen LogP) is 3.31. The number of nitrogens with zero attached hydrogens (tertiary/aromatic N) is 1. The normalized spacial score (nSPS) is 10.7.